The Hall–Kier alpha value is -3.54. The van der Waals surface area contributed by atoms with Crippen LogP contribution in [0.4, 0.5) is 23.2 Å². The third kappa shape index (κ3) is 4.50. The fourth-order valence-corrected chi connectivity index (χ4v) is 5.42. The lowest BCUT2D eigenvalue weighted by molar-refractivity contribution is 0.0945. The predicted octanol–water partition coefficient (Wildman–Crippen LogP) is 3.24. The fourth-order valence-electron chi connectivity index (χ4n) is 5.42. The Balaban J connectivity index is 1.19. The van der Waals surface area contributed by atoms with Crippen molar-refractivity contribution >= 4 is 22.6 Å². The lowest BCUT2D eigenvalue weighted by atomic mass is 9.99. The van der Waals surface area contributed by atoms with Crippen LogP contribution < -0.4 is 15.8 Å². The SMILES string of the molecule is O=C(NC1CC1)c1ccc(N2CCN(Cc3c4c(c5nc(C(F)F)c(=O)[nH]c5c3F)CCC4)CC2)c(F)n1. The summed E-state index contributed by atoms with van der Waals surface area (Å²) in [5, 5.41) is 2.79. The molecule has 2 aliphatic carbocycles. The number of aromatic nitrogens is 3. The second-order valence-corrected chi connectivity index (χ2v) is 10.1. The minimum absolute atomic E-state index is 0.0469. The van der Waals surface area contributed by atoms with Crippen LogP contribution in [0.25, 0.3) is 11.0 Å². The maximum absolute atomic E-state index is 15.6. The van der Waals surface area contributed by atoms with Crippen molar-refractivity contribution in [1.29, 1.82) is 0 Å². The summed E-state index contributed by atoms with van der Waals surface area (Å²) in [5.41, 5.74) is 0.279. The van der Waals surface area contributed by atoms with E-state index in [2.05, 4.69) is 20.3 Å². The molecule has 2 N–H and O–H groups in total. The number of anilines is 1. The highest BCUT2D eigenvalue weighted by Gasteiger charge is 2.29. The number of aromatic amines is 1. The Bertz CT molecular complexity index is 1480. The summed E-state index contributed by atoms with van der Waals surface area (Å²) in [4.78, 5) is 38.2. The maximum atomic E-state index is 15.6. The Morgan fingerprint density at radius 1 is 1.08 bits per heavy atom. The summed E-state index contributed by atoms with van der Waals surface area (Å²) in [6.45, 7) is 2.26. The second-order valence-electron chi connectivity index (χ2n) is 10.1. The highest BCUT2D eigenvalue weighted by Crippen LogP contribution is 2.35. The number of pyridine rings is 1. The smallest absolute Gasteiger partial charge is 0.285 e. The molecule has 38 heavy (non-hydrogen) atoms. The number of piperazine rings is 1. The molecule has 3 aromatic rings. The molecule has 3 heterocycles. The molecule has 0 atom stereocenters. The van der Waals surface area contributed by atoms with Crippen molar-refractivity contribution in [3.8, 4) is 0 Å². The second kappa shape index (κ2) is 9.64. The van der Waals surface area contributed by atoms with Crippen molar-refractivity contribution in [2.75, 3.05) is 31.1 Å². The van der Waals surface area contributed by atoms with E-state index in [-0.39, 0.29) is 35.2 Å². The zero-order valence-corrected chi connectivity index (χ0v) is 20.5. The largest absolute Gasteiger partial charge is 0.365 e. The van der Waals surface area contributed by atoms with Crippen molar-refractivity contribution in [2.45, 2.75) is 51.1 Å². The number of hydrogen-bond acceptors (Lipinski definition) is 6. The highest BCUT2D eigenvalue weighted by molar-refractivity contribution is 5.92. The number of fused-ring (bicyclic) bond motifs is 3. The zero-order chi connectivity index (χ0) is 26.6. The zero-order valence-electron chi connectivity index (χ0n) is 20.5. The predicted molar refractivity (Wildman–Crippen MR) is 131 cm³/mol. The molecule has 12 heteroatoms. The molecule has 2 fully saturated rings. The Morgan fingerprint density at radius 3 is 2.50 bits per heavy atom. The quantitative estimate of drug-likeness (QED) is 0.376. The van der Waals surface area contributed by atoms with Gasteiger partial charge in [0.2, 0.25) is 5.95 Å². The van der Waals surface area contributed by atoms with Crippen LogP contribution in [0.3, 0.4) is 0 Å². The number of H-pyrrole nitrogens is 1. The Morgan fingerprint density at radius 2 is 1.82 bits per heavy atom. The van der Waals surface area contributed by atoms with Crippen molar-refractivity contribution in [1.82, 2.24) is 25.2 Å². The number of alkyl halides is 2. The molecular weight excluding hydrogens is 504 g/mol. The van der Waals surface area contributed by atoms with E-state index in [0.29, 0.717) is 55.8 Å². The van der Waals surface area contributed by atoms with Gasteiger partial charge in [-0.25, -0.2) is 23.1 Å². The number of nitrogens with zero attached hydrogens (tertiary/aromatic N) is 4. The van der Waals surface area contributed by atoms with E-state index in [1.807, 2.05) is 9.80 Å². The van der Waals surface area contributed by atoms with E-state index in [4.69, 9.17) is 0 Å². The van der Waals surface area contributed by atoms with Gasteiger partial charge in [0, 0.05) is 44.3 Å². The molecule has 6 rings (SSSR count). The third-order valence-corrected chi connectivity index (χ3v) is 7.57. The van der Waals surface area contributed by atoms with Crippen LogP contribution in [0.2, 0.25) is 0 Å². The van der Waals surface area contributed by atoms with Crippen LogP contribution in [0.1, 0.15) is 58.6 Å². The first kappa shape index (κ1) is 24.8. The molecule has 0 spiro atoms. The third-order valence-electron chi connectivity index (χ3n) is 7.57. The van der Waals surface area contributed by atoms with Crippen molar-refractivity contribution < 1.29 is 22.4 Å². The molecular formula is C26H26F4N6O2. The van der Waals surface area contributed by atoms with Crippen LogP contribution in [-0.4, -0.2) is 58.0 Å². The van der Waals surface area contributed by atoms with Gasteiger partial charge in [0.15, 0.2) is 11.5 Å². The first-order chi connectivity index (χ1) is 18.3. The molecule has 3 aliphatic rings. The lowest BCUT2D eigenvalue weighted by Gasteiger charge is -2.36. The highest BCUT2D eigenvalue weighted by atomic mass is 19.3. The number of carbonyl (C=O) groups is 1. The number of amides is 1. The van der Waals surface area contributed by atoms with Gasteiger partial charge in [0.1, 0.15) is 11.2 Å². The van der Waals surface area contributed by atoms with Crippen LogP contribution >= 0.6 is 0 Å². The van der Waals surface area contributed by atoms with Crippen molar-refractivity contribution in [2.24, 2.45) is 0 Å². The van der Waals surface area contributed by atoms with Crippen LogP contribution in [0.5, 0.6) is 0 Å². The maximum Gasteiger partial charge on any atom is 0.285 e. The lowest BCUT2D eigenvalue weighted by Crippen LogP contribution is -2.46. The summed E-state index contributed by atoms with van der Waals surface area (Å²) in [5.74, 6) is -1.72. The summed E-state index contributed by atoms with van der Waals surface area (Å²) in [6, 6.07) is 3.23. The van der Waals surface area contributed by atoms with Crippen molar-refractivity contribution in [3.05, 3.63) is 62.3 Å². The number of nitrogens with one attached hydrogen (secondary N) is 2. The monoisotopic (exact) mass is 530 g/mol. The minimum Gasteiger partial charge on any atom is -0.365 e. The number of benzene rings is 1. The van der Waals surface area contributed by atoms with Crippen LogP contribution in [0, 0.1) is 11.8 Å². The number of carbonyl (C=O) groups excluding carboxylic acids is 1. The average Bonchev–Trinajstić information content (AvgIpc) is 3.58. The molecule has 0 bridgehead atoms. The normalized spacial score (nSPS) is 17.9. The number of rotatable bonds is 6. The fraction of sp³-hybridized carbons (Fsp3) is 0.462. The number of hydrogen-bond donors (Lipinski definition) is 2. The Kier molecular flexibility index (Phi) is 6.29. The molecule has 200 valence electrons. The summed E-state index contributed by atoms with van der Waals surface area (Å²) in [6.07, 6.45) is 0.749. The van der Waals surface area contributed by atoms with E-state index >= 15 is 4.39 Å². The van der Waals surface area contributed by atoms with Crippen LogP contribution in [-0.2, 0) is 19.4 Å². The summed E-state index contributed by atoms with van der Waals surface area (Å²) >= 11 is 0. The Labute approximate surface area is 215 Å². The van der Waals surface area contributed by atoms with Crippen LogP contribution in [0.15, 0.2) is 16.9 Å². The first-order valence-corrected chi connectivity index (χ1v) is 12.8. The molecule has 0 unspecified atom stereocenters. The number of aryl methyl sites for hydroxylation is 1. The van der Waals surface area contributed by atoms with Gasteiger partial charge in [-0.2, -0.15) is 4.39 Å². The van der Waals surface area contributed by atoms with Gasteiger partial charge < -0.3 is 15.2 Å². The molecule has 1 aliphatic heterocycles. The van der Waals surface area contributed by atoms with E-state index < -0.39 is 29.4 Å². The van der Waals surface area contributed by atoms with E-state index in [0.717, 1.165) is 24.8 Å². The van der Waals surface area contributed by atoms with Gasteiger partial charge in [-0.1, -0.05) is 0 Å². The average molecular weight is 531 g/mol. The van der Waals surface area contributed by atoms with Gasteiger partial charge in [-0.05, 0) is 55.4 Å². The van der Waals surface area contributed by atoms with Gasteiger partial charge >= 0.3 is 0 Å². The standard InChI is InChI=1S/C26H26F4N6O2/c27-19-16(14-2-1-3-15(14)20-21(19)34-26(38)22(33-20)23(28)29)12-35-8-10-36(11-9-35)18-7-6-17(32-24(18)30)25(37)31-13-4-5-13/h6-7,13,23H,1-5,8-12H2,(H,31,37)(H,34,38). The van der Waals surface area contributed by atoms with Gasteiger partial charge in [-0.15, -0.1) is 0 Å². The van der Waals surface area contributed by atoms with Crippen molar-refractivity contribution in [3.63, 3.8) is 0 Å². The molecule has 1 saturated carbocycles. The van der Waals surface area contributed by atoms with Gasteiger partial charge in [0.05, 0.1) is 11.2 Å². The van der Waals surface area contributed by atoms with Gasteiger partial charge in [0.25, 0.3) is 17.9 Å². The van der Waals surface area contributed by atoms with Gasteiger partial charge in [-0.3, -0.25) is 14.5 Å². The molecule has 2 aromatic heterocycles. The molecule has 1 amide bonds. The summed E-state index contributed by atoms with van der Waals surface area (Å²) < 4.78 is 56.9. The summed E-state index contributed by atoms with van der Waals surface area (Å²) in [7, 11) is 0. The molecule has 1 aromatic carbocycles. The van der Waals surface area contributed by atoms with E-state index in [1.54, 1.807) is 6.07 Å². The first-order valence-electron chi connectivity index (χ1n) is 12.8. The molecule has 1 saturated heterocycles. The number of halogens is 4. The van der Waals surface area contributed by atoms with E-state index in [1.165, 1.54) is 6.07 Å². The topological polar surface area (TPSA) is 94.2 Å². The molecule has 0 radical (unpaired) electrons. The molecule has 8 nitrogen and oxygen atoms in total. The minimum atomic E-state index is -3.05. The van der Waals surface area contributed by atoms with E-state index in [9.17, 15) is 22.8 Å².